The van der Waals surface area contributed by atoms with E-state index in [9.17, 15) is 0 Å². The summed E-state index contributed by atoms with van der Waals surface area (Å²) in [6, 6.07) is 0. The number of rotatable bonds is 7. The maximum atomic E-state index is 5.50. The maximum absolute atomic E-state index is 5.50. The smallest absolute Gasteiger partial charge is 0.205 e. The molecule has 0 radical (unpaired) electrons. The highest BCUT2D eigenvalue weighted by atomic mass is 32.1. The van der Waals surface area contributed by atoms with Crippen molar-refractivity contribution in [3.05, 3.63) is 5.51 Å². The molecule has 1 aromatic heterocycles. The zero-order valence-corrected chi connectivity index (χ0v) is 8.92. The van der Waals surface area contributed by atoms with Gasteiger partial charge in [0, 0.05) is 19.8 Å². The molecule has 0 spiro atoms. The molecule has 0 atom stereocenters. The number of hydrogen-bond acceptors (Lipinski definition) is 5. The monoisotopic (exact) mass is 213 g/mol. The second-order valence-electron chi connectivity index (χ2n) is 3.54. The van der Waals surface area contributed by atoms with E-state index in [1.54, 1.807) is 5.51 Å². The van der Waals surface area contributed by atoms with Crippen LogP contribution in [0.5, 0.6) is 0 Å². The minimum atomic E-state index is 0.850. The van der Waals surface area contributed by atoms with Crippen LogP contribution in [0, 0.1) is 5.92 Å². The number of anilines is 1. The minimum absolute atomic E-state index is 0.850. The van der Waals surface area contributed by atoms with Crippen molar-refractivity contribution in [2.45, 2.75) is 19.3 Å². The molecule has 0 bridgehead atoms. The summed E-state index contributed by atoms with van der Waals surface area (Å²) in [6.07, 6.45) is 3.76. The van der Waals surface area contributed by atoms with Crippen molar-refractivity contribution in [3.8, 4) is 0 Å². The van der Waals surface area contributed by atoms with Gasteiger partial charge >= 0.3 is 0 Å². The lowest BCUT2D eigenvalue weighted by Crippen LogP contribution is -2.06. The van der Waals surface area contributed by atoms with E-state index in [-0.39, 0.29) is 0 Å². The van der Waals surface area contributed by atoms with Gasteiger partial charge in [-0.1, -0.05) is 11.3 Å². The Bertz CT molecular complexity index is 249. The molecule has 1 heterocycles. The summed E-state index contributed by atoms with van der Waals surface area (Å²) in [5.41, 5.74) is 1.73. The topological polar surface area (TPSA) is 47.0 Å². The Morgan fingerprint density at radius 3 is 3.21 bits per heavy atom. The maximum Gasteiger partial charge on any atom is 0.205 e. The first-order valence-corrected chi connectivity index (χ1v) is 5.91. The molecule has 0 aromatic carbocycles. The van der Waals surface area contributed by atoms with Crippen molar-refractivity contribution in [2.24, 2.45) is 5.92 Å². The van der Waals surface area contributed by atoms with Gasteiger partial charge in [-0.05, 0) is 25.2 Å². The van der Waals surface area contributed by atoms with E-state index in [1.807, 2.05) is 0 Å². The van der Waals surface area contributed by atoms with Crippen LogP contribution in [0.25, 0.3) is 0 Å². The van der Waals surface area contributed by atoms with Crippen LogP contribution in [0.1, 0.15) is 19.3 Å². The third kappa shape index (κ3) is 3.59. The van der Waals surface area contributed by atoms with Crippen LogP contribution >= 0.6 is 11.3 Å². The van der Waals surface area contributed by atoms with E-state index in [4.69, 9.17) is 4.74 Å². The first-order chi connectivity index (χ1) is 6.95. The van der Waals surface area contributed by atoms with Gasteiger partial charge in [-0.3, -0.25) is 0 Å². The molecule has 1 aliphatic rings. The Hall–Kier alpha value is -0.680. The molecule has 1 N–H and O–H groups in total. The number of hydrogen-bond donors (Lipinski definition) is 1. The summed E-state index contributed by atoms with van der Waals surface area (Å²) in [7, 11) is 0. The zero-order chi connectivity index (χ0) is 9.64. The molecule has 0 saturated heterocycles. The summed E-state index contributed by atoms with van der Waals surface area (Å²) in [4.78, 5) is 0. The fraction of sp³-hybridized carbons (Fsp3) is 0.778. The second-order valence-corrected chi connectivity index (χ2v) is 4.38. The lowest BCUT2D eigenvalue weighted by Gasteiger charge is -2.03. The lowest BCUT2D eigenvalue weighted by atomic mass is 10.4. The largest absolute Gasteiger partial charge is 0.381 e. The minimum Gasteiger partial charge on any atom is -0.381 e. The van der Waals surface area contributed by atoms with Gasteiger partial charge in [0.2, 0.25) is 5.13 Å². The molecular formula is C9H15N3OS. The molecule has 1 aliphatic carbocycles. The highest BCUT2D eigenvalue weighted by Gasteiger charge is 2.20. The molecule has 78 valence electrons. The van der Waals surface area contributed by atoms with Gasteiger partial charge in [0.15, 0.2) is 0 Å². The second kappa shape index (κ2) is 5.26. The van der Waals surface area contributed by atoms with E-state index < -0.39 is 0 Å². The third-order valence-electron chi connectivity index (χ3n) is 2.15. The molecule has 4 nitrogen and oxygen atoms in total. The highest BCUT2D eigenvalue weighted by Crippen LogP contribution is 2.28. The van der Waals surface area contributed by atoms with Crippen LogP contribution in [0.4, 0.5) is 5.13 Å². The van der Waals surface area contributed by atoms with Gasteiger partial charge < -0.3 is 10.1 Å². The quantitative estimate of drug-likeness (QED) is 0.701. The van der Waals surface area contributed by atoms with E-state index >= 15 is 0 Å². The first kappa shape index (κ1) is 9.86. The van der Waals surface area contributed by atoms with E-state index in [1.165, 1.54) is 24.2 Å². The van der Waals surface area contributed by atoms with Crippen molar-refractivity contribution < 1.29 is 4.74 Å². The molecule has 0 amide bonds. The van der Waals surface area contributed by atoms with Crippen LogP contribution in [0.3, 0.4) is 0 Å². The van der Waals surface area contributed by atoms with Crippen molar-refractivity contribution in [1.82, 2.24) is 10.2 Å². The van der Waals surface area contributed by atoms with E-state index in [0.717, 1.165) is 37.2 Å². The normalized spacial score (nSPS) is 15.7. The van der Waals surface area contributed by atoms with Crippen LogP contribution in [-0.2, 0) is 4.74 Å². The highest BCUT2D eigenvalue weighted by molar-refractivity contribution is 7.13. The standard InChI is InChI=1S/C9H15N3OS/c1(5-13-6-8-2-3-8)4-10-9-12-11-7-14-9/h7-8H,1-6H2,(H,10,12). The number of ether oxygens (including phenoxy) is 1. The van der Waals surface area contributed by atoms with Crippen LogP contribution in [-0.4, -0.2) is 30.0 Å². The fourth-order valence-electron chi connectivity index (χ4n) is 1.15. The molecule has 1 aromatic rings. The lowest BCUT2D eigenvalue weighted by molar-refractivity contribution is 0.124. The van der Waals surface area contributed by atoms with Crippen LogP contribution < -0.4 is 5.32 Å². The Labute approximate surface area is 87.7 Å². The van der Waals surface area contributed by atoms with Gasteiger partial charge in [0.05, 0.1) is 0 Å². The predicted molar refractivity (Wildman–Crippen MR) is 56.6 cm³/mol. The summed E-state index contributed by atoms with van der Waals surface area (Å²) in [5.74, 6) is 0.867. The fourth-order valence-corrected chi connectivity index (χ4v) is 1.63. The van der Waals surface area contributed by atoms with Gasteiger partial charge in [-0.15, -0.1) is 10.2 Å². The number of nitrogens with one attached hydrogen (secondary N) is 1. The van der Waals surface area contributed by atoms with Gasteiger partial charge in [-0.2, -0.15) is 0 Å². The van der Waals surface area contributed by atoms with E-state index in [0.29, 0.717) is 0 Å². The number of nitrogens with zero attached hydrogens (tertiary/aromatic N) is 2. The number of aromatic nitrogens is 2. The average molecular weight is 213 g/mol. The summed E-state index contributed by atoms with van der Waals surface area (Å²) in [5, 5.41) is 11.7. The van der Waals surface area contributed by atoms with Crippen molar-refractivity contribution in [3.63, 3.8) is 0 Å². The van der Waals surface area contributed by atoms with Crippen molar-refractivity contribution >= 4 is 16.5 Å². The summed E-state index contributed by atoms with van der Waals surface area (Å²) >= 11 is 1.53. The van der Waals surface area contributed by atoms with Gasteiger partial charge in [0.25, 0.3) is 0 Å². The van der Waals surface area contributed by atoms with Crippen LogP contribution in [0.2, 0.25) is 0 Å². The van der Waals surface area contributed by atoms with Gasteiger partial charge in [0.1, 0.15) is 5.51 Å². The van der Waals surface area contributed by atoms with Crippen LogP contribution in [0.15, 0.2) is 5.51 Å². The summed E-state index contributed by atoms with van der Waals surface area (Å²) < 4.78 is 5.50. The first-order valence-electron chi connectivity index (χ1n) is 5.03. The average Bonchev–Trinajstić information content (AvgIpc) is 2.87. The Balaban J connectivity index is 1.43. The Kier molecular flexibility index (Phi) is 3.71. The molecule has 2 rings (SSSR count). The molecule has 0 unspecified atom stereocenters. The predicted octanol–water partition coefficient (Wildman–Crippen LogP) is 1.77. The van der Waals surface area contributed by atoms with E-state index in [2.05, 4.69) is 15.5 Å². The third-order valence-corrected chi connectivity index (χ3v) is 2.80. The zero-order valence-electron chi connectivity index (χ0n) is 8.11. The summed E-state index contributed by atoms with van der Waals surface area (Å²) in [6.45, 7) is 2.72. The van der Waals surface area contributed by atoms with Crippen molar-refractivity contribution in [1.29, 1.82) is 0 Å². The molecule has 1 saturated carbocycles. The molecule has 5 heteroatoms. The molecule has 14 heavy (non-hydrogen) atoms. The van der Waals surface area contributed by atoms with Gasteiger partial charge in [-0.25, -0.2) is 0 Å². The molecule has 0 aliphatic heterocycles. The molecular weight excluding hydrogens is 198 g/mol. The molecule has 1 fully saturated rings. The SMILES string of the molecule is c1nnc(NCCCOCC2CC2)s1. The Morgan fingerprint density at radius 2 is 2.50 bits per heavy atom. The Morgan fingerprint density at radius 1 is 1.57 bits per heavy atom. The van der Waals surface area contributed by atoms with Crippen molar-refractivity contribution in [2.75, 3.05) is 25.1 Å².